The van der Waals surface area contributed by atoms with Crippen molar-refractivity contribution in [3.05, 3.63) is 12.4 Å². The molecule has 0 unspecified atom stereocenters. The number of nitrogens with one attached hydrogen (secondary N) is 3. The molecular formula is C17H29ClN6O3. The number of amides is 3. The van der Waals surface area contributed by atoms with Gasteiger partial charge in [-0.2, -0.15) is 5.10 Å². The van der Waals surface area contributed by atoms with Gasteiger partial charge in [0.1, 0.15) is 6.54 Å². The van der Waals surface area contributed by atoms with Gasteiger partial charge in [-0.3, -0.25) is 19.1 Å². The Labute approximate surface area is 165 Å². The van der Waals surface area contributed by atoms with Crippen LogP contribution in [-0.2, 0) is 20.9 Å². The zero-order valence-electron chi connectivity index (χ0n) is 15.7. The van der Waals surface area contributed by atoms with Crippen molar-refractivity contribution in [3.63, 3.8) is 0 Å². The molecule has 1 aromatic rings. The molecule has 5 N–H and O–H groups in total. The molecule has 3 amide bonds. The van der Waals surface area contributed by atoms with E-state index in [1.807, 2.05) is 13.8 Å². The maximum atomic E-state index is 12.0. The van der Waals surface area contributed by atoms with Crippen LogP contribution in [-0.4, -0.2) is 46.1 Å². The SMILES string of the molecule is CC(C)[C@H](N)C(=O)NCC(=O)Nc1cnn(CC(=O)NC2CCCC2)c1.Cl. The third kappa shape index (κ3) is 7.56. The predicted octanol–water partition coefficient (Wildman–Crippen LogP) is 0.402. The predicted molar refractivity (Wildman–Crippen MR) is 104 cm³/mol. The van der Waals surface area contributed by atoms with E-state index in [4.69, 9.17) is 5.73 Å². The lowest BCUT2D eigenvalue weighted by Crippen LogP contribution is -2.46. The fraction of sp³-hybridized carbons (Fsp3) is 0.647. The van der Waals surface area contributed by atoms with Crippen LogP contribution in [0.2, 0.25) is 0 Å². The molecule has 1 heterocycles. The average Bonchev–Trinajstić information content (AvgIpc) is 3.23. The maximum Gasteiger partial charge on any atom is 0.243 e. The fourth-order valence-corrected chi connectivity index (χ4v) is 2.80. The highest BCUT2D eigenvalue weighted by molar-refractivity contribution is 5.95. The number of carbonyl (C=O) groups excluding carboxylic acids is 3. The molecule has 1 saturated carbocycles. The van der Waals surface area contributed by atoms with Gasteiger partial charge in [0.15, 0.2) is 0 Å². The molecule has 0 bridgehead atoms. The van der Waals surface area contributed by atoms with Crippen molar-refractivity contribution in [2.45, 2.75) is 58.2 Å². The first-order chi connectivity index (χ1) is 12.3. The molecule has 2 rings (SSSR count). The number of hydrogen-bond donors (Lipinski definition) is 4. The standard InChI is InChI=1S/C17H28N6O3.ClH/c1-11(2)16(18)17(26)19-8-14(24)22-13-7-20-23(9-13)10-15(25)21-12-5-3-4-6-12;/h7,9,11-12,16H,3-6,8,10,18H2,1-2H3,(H,19,26)(H,21,25)(H,22,24);1H/t16-;/m0./s1. The lowest BCUT2D eigenvalue weighted by molar-refractivity contribution is -0.125. The molecular weight excluding hydrogens is 372 g/mol. The van der Waals surface area contributed by atoms with Crippen molar-refractivity contribution in [1.29, 1.82) is 0 Å². The molecule has 1 aromatic heterocycles. The number of hydrogen-bond acceptors (Lipinski definition) is 5. The Bertz CT molecular complexity index is 642. The van der Waals surface area contributed by atoms with Crippen LogP contribution in [0.25, 0.3) is 0 Å². The lowest BCUT2D eigenvalue weighted by Gasteiger charge is -2.14. The number of halogens is 1. The molecule has 0 spiro atoms. The van der Waals surface area contributed by atoms with E-state index in [0.717, 1.165) is 25.7 Å². The zero-order chi connectivity index (χ0) is 19.1. The monoisotopic (exact) mass is 400 g/mol. The minimum atomic E-state index is -0.649. The Balaban J connectivity index is 0.00000364. The number of anilines is 1. The highest BCUT2D eigenvalue weighted by Gasteiger charge is 2.19. The van der Waals surface area contributed by atoms with Gasteiger partial charge in [-0.05, 0) is 18.8 Å². The second kappa shape index (κ2) is 10.9. The van der Waals surface area contributed by atoms with Gasteiger partial charge in [-0.1, -0.05) is 26.7 Å². The van der Waals surface area contributed by atoms with Crippen LogP contribution in [0.5, 0.6) is 0 Å². The van der Waals surface area contributed by atoms with E-state index in [1.165, 1.54) is 10.9 Å². The Morgan fingerprint density at radius 1 is 1.26 bits per heavy atom. The molecule has 1 aliphatic rings. The largest absolute Gasteiger partial charge is 0.352 e. The van der Waals surface area contributed by atoms with Crippen LogP contribution in [0.15, 0.2) is 12.4 Å². The average molecular weight is 401 g/mol. The van der Waals surface area contributed by atoms with Crippen LogP contribution in [0.3, 0.4) is 0 Å². The van der Waals surface area contributed by atoms with Crippen LogP contribution < -0.4 is 21.7 Å². The Kier molecular flexibility index (Phi) is 9.23. The summed E-state index contributed by atoms with van der Waals surface area (Å²) in [7, 11) is 0. The minimum Gasteiger partial charge on any atom is -0.352 e. The summed E-state index contributed by atoms with van der Waals surface area (Å²) in [4.78, 5) is 35.6. The second-order valence-corrected chi connectivity index (χ2v) is 7.01. The molecule has 1 aliphatic carbocycles. The smallest absolute Gasteiger partial charge is 0.243 e. The van der Waals surface area contributed by atoms with Gasteiger partial charge in [-0.15, -0.1) is 12.4 Å². The van der Waals surface area contributed by atoms with E-state index in [0.29, 0.717) is 5.69 Å². The van der Waals surface area contributed by atoms with Crippen LogP contribution >= 0.6 is 12.4 Å². The summed E-state index contributed by atoms with van der Waals surface area (Å²) < 4.78 is 1.47. The van der Waals surface area contributed by atoms with E-state index in [-0.39, 0.29) is 55.2 Å². The summed E-state index contributed by atoms with van der Waals surface area (Å²) >= 11 is 0. The molecule has 1 atom stereocenters. The molecule has 0 saturated heterocycles. The summed E-state index contributed by atoms with van der Waals surface area (Å²) in [6.45, 7) is 3.60. The third-order valence-electron chi connectivity index (χ3n) is 4.39. The van der Waals surface area contributed by atoms with Crippen molar-refractivity contribution < 1.29 is 14.4 Å². The van der Waals surface area contributed by atoms with E-state index < -0.39 is 6.04 Å². The Morgan fingerprint density at radius 3 is 2.56 bits per heavy atom. The van der Waals surface area contributed by atoms with Gasteiger partial charge >= 0.3 is 0 Å². The van der Waals surface area contributed by atoms with Gasteiger partial charge in [0.2, 0.25) is 17.7 Å². The third-order valence-corrected chi connectivity index (χ3v) is 4.39. The fourth-order valence-electron chi connectivity index (χ4n) is 2.80. The number of nitrogens with two attached hydrogens (primary N) is 1. The number of nitrogens with zero attached hydrogens (tertiary/aromatic N) is 2. The number of rotatable bonds is 8. The van der Waals surface area contributed by atoms with Crippen LogP contribution in [0.4, 0.5) is 5.69 Å². The van der Waals surface area contributed by atoms with Gasteiger partial charge in [-0.25, -0.2) is 0 Å². The number of aromatic nitrogens is 2. The molecule has 152 valence electrons. The van der Waals surface area contributed by atoms with Gasteiger partial charge in [0, 0.05) is 12.2 Å². The van der Waals surface area contributed by atoms with Crippen molar-refractivity contribution >= 4 is 35.8 Å². The van der Waals surface area contributed by atoms with Crippen LogP contribution in [0.1, 0.15) is 39.5 Å². The summed E-state index contributed by atoms with van der Waals surface area (Å²) in [5.41, 5.74) is 6.18. The van der Waals surface area contributed by atoms with Gasteiger partial charge < -0.3 is 21.7 Å². The molecule has 9 nitrogen and oxygen atoms in total. The minimum absolute atomic E-state index is 0. The van der Waals surface area contributed by atoms with E-state index >= 15 is 0 Å². The Hall–Kier alpha value is -2.13. The molecule has 10 heteroatoms. The van der Waals surface area contributed by atoms with Crippen molar-refractivity contribution in [3.8, 4) is 0 Å². The van der Waals surface area contributed by atoms with E-state index in [1.54, 1.807) is 6.20 Å². The van der Waals surface area contributed by atoms with Gasteiger partial charge in [0.25, 0.3) is 0 Å². The molecule has 27 heavy (non-hydrogen) atoms. The van der Waals surface area contributed by atoms with Crippen molar-refractivity contribution in [2.24, 2.45) is 11.7 Å². The normalized spacial score (nSPS) is 15.1. The first-order valence-electron chi connectivity index (χ1n) is 9.00. The summed E-state index contributed by atoms with van der Waals surface area (Å²) in [5.74, 6) is -0.849. The number of carbonyl (C=O) groups is 3. The first-order valence-corrected chi connectivity index (χ1v) is 9.00. The highest BCUT2D eigenvalue weighted by atomic mass is 35.5. The maximum absolute atomic E-state index is 12.0. The van der Waals surface area contributed by atoms with Crippen molar-refractivity contribution in [2.75, 3.05) is 11.9 Å². The first kappa shape index (κ1) is 22.9. The molecule has 0 radical (unpaired) electrons. The Morgan fingerprint density at radius 2 is 1.93 bits per heavy atom. The van der Waals surface area contributed by atoms with Gasteiger partial charge in [0.05, 0.1) is 24.5 Å². The van der Waals surface area contributed by atoms with Crippen molar-refractivity contribution in [1.82, 2.24) is 20.4 Å². The van der Waals surface area contributed by atoms with Crippen LogP contribution in [0, 0.1) is 5.92 Å². The second-order valence-electron chi connectivity index (χ2n) is 7.01. The topological polar surface area (TPSA) is 131 Å². The molecule has 0 aromatic carbocycles. The van der Waals surface area contributed by atoms with E-state index in [9.17, 15) is 14.4 Å². The lowest BCUT2D eigenvalue weighted by atomic mass is 10.1. The quantitative estimate of drug-likeness (QED) is 0.501. The zero-order valence-corrected chi connectivity index (χ0v) is 16.6. The summed E-state index contributed by atoms with van der Waals surface area (Å²) in [6, 6.07) is -0.387. The summed E-state index contributed by atoms with van der Waals surface area (Å²) in [5, 5.41) is 12.2. The molecule has 0 aliphatic heterocycles. The van der Waals surface area contributed by atoms with E-state index in [2.05, 4.69) is 21.0 Å². The highest BCUT2D eigenvalue weighted by Crippen LogP contribution is 2.17. The molecule has 1 fully saturated rings. The summed E-state index contributed by atoms with van der Waals surface area (Å²) in [6.07, 6.45) is 7.40.